The summed E-state index contributed by atoms with van der Waals surface area (Å²) in [6.45, 7) is 2.12. The van der Waals surface area contributed by atoms with E-state index in [1.807, 2.05) is 6.07 Å². The van der Waals surface area contributed by atoms with Crippen molar-refractivity contribution in [3.05, 3.63) is 23.8 Å². The lowest BCUT2D eigenvalue weighted by molar-refractivity contribution is 0.178. The number of phenolic OH excluding ortho intramolecular Hbond substituents is 1. The topological polar surface area (TPSA) is 55.7 Å². The molecular formula is C14H20N2O2. The zero-order valence-corrected chi connectivity index (χ0v) is 10.6. The van der Waals surface area contributed by atoms with Crippen LogP contribution in [0.3, 0.4) is 0 Å². The maximum absolute atomic E-state index is 9.73. The summed E-state index contributed by atoms with van der Waals surface area (Å²) in [5, 5.41) is 22.8. The van der Waals surface area contributed by atoms with Crippen molar-refractivity contribution in [1.29, 1.82) is 0 Å². The van der Waals surface area contributed by atoms with E-state index in [2.05, 4.69) is 17.3 Å². The van der Waals surface area contributed by atoms with Crippen LogP contribution in [0.5, 0.6) is 5.75 Å². The molecule has 0 radical (unpaired) electrons. The molecule has 0 bridgehead atoms. The number of hydrogen-bond donors (Lipinski definition) is 3. The van der Waals surface area contributed by atoms with Crippen molar-refractivity contribution in [3.63, 3.8) is 0 Å². The first-order valence-electron chi connectivity index (χ1n) is 6.59. The number of fused-ring (bicyclic) bond motifs is 2. The number of nitrogens with one attached hydrogen (secondary N) is 1. The molecule has 3 rings (SSSR count). The molecule has 1 fully saturated rings. The van der Waals surface area contributed by atoms with Gasteiger partial charge in [-0.05, 0) is 36.7 Å². The molecule has 3 N–H and O–H groups in total. The predicted octanol–water partition coefficient (Wildman–Crippen LogP) is 0.896. The van der Waals surface area contributed by atoms with Gasteiger partial charge in [0.05, 0.1) is 6.61 Å². The molecule has 2 aliphatic heterocycles. The number of anilines is 1. The van der Waals surface area contributed by atoms with E-state index in [0.29, 0.717) is 12.0 Å². The van der Waals surface area contributed by atoms with Gasteiger partial charge in [0.1, 0.15) is 5.75 Å². The van der Waals surface area contributed by atoms with Gasteiger partial charge in [-0.15, -0.1) is 0 Å². The Hall–Kier alpha value is -1.26. The van der Waals surface area contributed by atoms with Gasteiger partial charge < -0.3 is 20.4 Å². The van der Waals surface area contributed by atoms with Gasteiger partial charge in [-0.3, -0.25) is 0 Å². The quantitative estimate of drug-likeness (QED) is 0.691. The molecular weight excluding hydrogens is 228 g/mol. The SMILES string of the molecule is CN1c2ccc(O)cc2C(CO)C2CNCCC21. The fourth-order valence-electron chi connectivity index (χ4n) is 3.56. The van der Waals surface area contributed by atoms with Crippen molar-refractivity contribution in [1.82, 2.24) is 5.32 Å². The monoisotopic (exact) mass is 248 g/mol. The molecule has 4 heteroatoms. The van der Waals surface area contributed by atoms with Crippen molar-refractivity contribution >= 4 is 5.69 Å². The largest absolute Gasteiger partial charge is 0.508 e. The van der Waals surface area contributed by atoms with Gasteiger partial charge in [-0.2, -0.15) is 0 Å². The highest BCUT2D eigenvalue weighted by molar-refractivity contribution is 5.60. The summed E-state index contributed by atoms with van der Waals surface area (Å²) in [6, 6.07) is 5.98. The van der Waals surface area contributed by atoms with Crippen LogP contribution in [0.15, 0.2) is 18.2 Å². The van der Waals surface area contributed by atoms with Gasteiger partial charge in [0.15, 0.2) is 0 Å². The van der Waals surface area contributed by atoms with E-state index in [1.165, 1.54) is 0 Å². The zero-order chi connectivity index (χ0) is 12.7. The number of hydrogen-bond acceptors (Lipinski definition) is 4. The number of aliphatic hydroxyl groups is 1. The Morgan fingerprint density at radius 2 is 2.28 bits per heavy atom. The van der Waals surface area contributed by atoms with Gasteiger partial charge in [-0.25, -0.2) is 0 Å². The number of phenols is 1. The molecule has 2 heterocycles. The molecule has 0 spiro atoms. The summed E-state index contributed by atoms with van der Waals surface area (Å²) in [6.07, 6.45) is 1.11. The number of rotatable bonds is 1. The Morgan fingerprint density at radius 3 is 3.06 bits per heavy atom. The minimum atomic E-state index is 0.126. The summed E-state index contributed by atoms with van der Waals surface area (Å²) in [4.78, 5) is 2.31. The summed E-state index contributed by atoms with van der Waals surface area (Å²) < 4.78 is 0. The van der Waals surface area contributed by atoms with E-state index in [-0.39, 0.29) is 18.3 Å². The Morgan fingerprint density at radius 1 is 1.44 bits per heavy atom. The number of aromatic hydroxyl groups is 1. The lowest BCUT2D eigenvalue weighted by atomic mass is 9.74. The number of benzene rings is 1. The van der Waals surface area contributed by atoms with Crippen LogP contribution >= 0.6 is 0 Å². The first-order chi connectivity index (χ1) is 8.72. The summed E-state index contributed by atoms with van der Waals surface area (Å²) in [7, 11) is 2.12. The highest BCUT2D eigenvalue weighted by atomic mass is 16.3. The van der Waals surface area contributed by atoms with Crippen LogP contribution in [0.1, 0.15) is 17.9 Å². The molecule has 1 aromatic carbocycles. The highest BCUT2D eigenvalue weighted by Gasteiger charge is 2.40. The molecule has 1 saturated heterocycles. The molecule has 3 unspecified atom stereocenters. The fourth-order valence-corrected chi connectivity index (χ4v) is 3.56. The lowest BCUT2D eigenvalue weighted by Gasteiger charge is -2.48. The van der Waals surface area contributed by atoms with Gasteiger partial charge in [-0.1, -0.05) is 0 Å². The van der Waals surface area contributed by atoms with Crippen LogP contribution < -0.4 is 10.2 Å². The molecule has 3 atom stereocenters. The van der Waals surface area contributed by atoms with Crippen molar-refractivity contribution in [2.75, 3.05) is 31.6 Å². The normalized spacial score (nSPS) is 30.8. The van der Waals surface area contributed by atoms with Gasteiger partial charge in [0.25, 0.3) is 0 Å². The fraction of sp³-hybridized carbons (Fsp3) is 0.571. The molecule has 18 heavy (non-hydrogen) atoms. The molecule has 0 saturated carbocycles. The van der Waals surface area contributed by atoms with E-state index >= 15 is 0 Å². The molecule has 0 amide bonds. The first-order valence-corrected chi connectivity index (χ1v) is 6.59. The third kappa shape index (κ3) is 1.68. The van der Waals surface area contributed by atoms with Crippen LogP contribution in [0.25, 0.3) is 0 Å². The second kappa shape index (κ2) is 4.44. The number of piperidine rings is 1. The van der Waals surface area contributed by atoms with E-state index in [9.17, 15) is 10.2 Å². The van der Waals surface area contributed by atoms with Gasteiger partial charge in [0.2, 0.25) is 0 Å². The molecule has 98 valence electrons. The Bertz CT molecular complexity index is 449. The van der Waals surface area contributed by atoms with E-state index < -0.39 is 0 Å². The Kier molecular flexibility index (Phi) is 2.92. The van der Waals surface area contributed by atoms with Crippen LogP contribution in [0.2, 0.25) is 0 Å². The van der Waals surface area contributed by atoms with Crippen LogP contribution in [0, 0.1) is 5.92 Å². The third-order valence-corrected chi connectivity index (χ3v) is 4.49. The van der Waals surface area contributed by atoms with Gasteiger partial charge in [0, 0.05) is 37.2 Å². The highest BCUT2D eigenvalue weighted by Crippen LogP contribution is 2.44. The molecule has 1 aromatic rings. The van der Waals surface area contributed by atoms with E-state index in [0.717, 1.165) is 30.8 Å². The molecule has 4 nitrogen and oxygen atoms in total. The maximum atomic E-state index is 9.73. The molecule has 0 aromatic heterocycles. The first kappa shape index (κ1) is 11.8. The molecule has 0 aliphatic carbocycles. The van der Waals surface area contributed by atoms with E-state index in [1.54, 1.807) is 12.1 Å². The maximum Gasteiger partial charge on any atom is 0.116 e. The zero-order valence-electron chi connectivity index (χ0n) is 10.6. The summed E-state index contributed by atoms with van der Waals surface area (Å²) >= 11 is 0. The second-order valence-electron chi connectivity index (χ2n) is 5.37. The lowest BCUT2D eigenvalue weighted by Crippen LogP contribution is -2.54. The van der Waals surface area contributed by atoms with Crippen molar-refractivity contribution in [2.24, 2.45) is 5.92 Å². The average molecular weight is 248 g/mol. The Labute approximate surface area is 107 Å². The predicted molar refractivity (Wildman–Crippen MR) is 71.1 cm³/mol. The Balaban J connectivity index is 2.08. The number of aliphatic hydroxyl groups excluding tert-OH is 1. The van der Waals surface area contributed by atoms with Crippen LogP contribution in [-0.2, 0) is 0 Å². The second-order valence-corrected chi connectivity index (χ2v) is 5.37. The van der Waals surface area contributed by atoms with Gasteiger partial charge >= 0.3 is 0 Å². The van der Waals surface area contributed by atoms with Crippen molar-refractivity contribution in [3.8, 4) is 5.75 Å². The van der Waals surface area contributed by atoms with Crippen molar-refractivity contribution in [2.45, 2.75) is 18.4 Å². The summed E-state index contributed by atoms with van der Waals surface area (Å²) in [5.41, 5.74) is 2.22. The summed E-state index contributed by atoms with van der Waals surface area (Å²) in [5.74, 6) is 0.826. The van der Waals surface area contributed by atoms with Crippen LogP contribution in [-0.4, -0.2) is 43.0 Å². The minimum Gasteiger partial charge on any atom is -0.508 e. The van der Waals surface area contributed by atoms with Crippen molar-refractivity contribution < 1.29 is 10.2 Å². The van der Waals surface area contributed by atoms with E-state index in [4.69, 9.17) is 0 Å². The minimum absolute atomic E-state index is 0.126. The standard InChI is InChI=1S/C14H20N2O2/c1-16-13-3-2-9(18)6-10(13)12(8-17)11-7-15-5-4-14(11)16/h2-3,6,11-12,14-15,17-18H,4-5,7-8H2,1H3. The van der Waals surface area contributed by atoms with Crippen LogP contribution in [0.4, 0.5) is 5.69 Å². The average Bonchev–Trinajstić information content (AvgIpc) is 2.39. The molecule has 2 aliphatic rings. The third-order valence-electron chi connectivity index (χ3n) is 4.49. The number of nitrogens with zero attached hydrogens (tertiary/aromatic N) is 1. The smallest absolute Gasteiger partial charge is 0.116 e.